The molecule has 0 saturated carbocycles. The molecule has 0 spiro atoms. The third kappa shape index (κ3) is 4.74. The van der Waals surface area contributed by atoms with Crippen molar-refractivity contribution >= 4 is 55.4 Å². The lowest BCUT2D eigenvalue weighted by molar-refractivity contribution is 0.493. The standard InChI is InChI=1S/C52H33BO/c1-4-16-34(17-5-1)38-22-10-12-24-40(38)43-32-44(41-25-13-11-23-39(41)35-18-6-2-7-19-35)45-33-49-52-47(31-29-36-28-30-42(43)51(45)50(36)52)53(37-20-8-3-9-21-37)46-26-14-15-27-48(46)54-49/h1-33H. The van der Waals surface area contributed by atoms with Crippen molar-refractivity contribution in [3.05, 3.63) is 200 Å². The van der Waals surface area contributed by atoms with Crippen molar-refractivity contribution in [3.63, 3.8) is 0 Å². The first-order valence-electron chi connectivity index (χ1n) is 18.7. The molecule has 0 saturated heterocycles. The highest BCUT2D eigenvalue weighted by Gasteiger charge is 2.33. The normalized spacial score (nSPS) is 12.2. The van der Waals surface area contributed by atoms with Gasteiger partial charge in [0.05, 0.1) is 0 Å². The number of fused-ring (bicyclic) bond motifs is 1. The van der Waals surface area contributed by atoms with E-state index in [9.17, 15) is 0 Å². The lowest BCUT2D eigenvalue weighted by Crippen LogP contribution is -2.51. The van der Waals surface area contributed by atoms with Crippen molar-refractivity contribution in [1.29, 1.82) is 0 Å². The van der Waals surface area contributed by atoms with Crippen LogP contribution in [0.3, 0.4) is 0 Å². The summed E-state index contributed by atoms with van der Waals surface area (Å²) in [7, 11) is 0. The van der Waals surface area contributed by atoms with Gasteiger partial charge < -0.3 is 4.74 Å². The minimum absolute atomic E-state index is 0.0183. The highest BCUT2D eigenvalue weighted by atomic mass is 16.5. The number of hydrogen-bond acceptors (Lipinski definition) is 1. The molecule has 54 heavy (non-hydrogen) atoms. The number of para-hydroxylation sites is 1. The van der Waals surface area contributed by atoms with E-state index in [1.807, 2.05) is 0 Å². The lowest BCUT2D eigenvalue weighted by Gasteiger charge is -2.23. The van der Waals surface area contributed by atoms with E-state index in [4.69, 9.17) is 4.74 Å². The molecular weight excluding hydrogens is 651 g/mol. The van der Waals surface area contributed by atoms with Crippen molar-refractivity contribution in [3.8, 4) is 56.0 Å². The fourth-order valence-corrected chi connectivity index (χ4v) is 9.04. The third-order valence-electron chi connectivity index (χ3n) is 11.4. The maximum absolute atomic E-state index is 7.13. The molecule has 1 heterocycles. The first kappa shape index (κ1) is 30.7. The molecule has 1 aliphatic heterocycles. The van der Waals surface area contributed by atoms with E-state index in [2.05, 4.69) is 200 Å². The van der Waals surface area contributed by atoms with Crippen molar-refractivity contribution < 1.29 is 4.74 Å². The smallest absolute Gasteiger partial charge is 0.247 e. The second-order valence-corrected chi connectivity index (χ2v) is 14.3. The Hall–Kier alpha value is -6.90. The van der Waals surface area contributed by atoms with E-state index in [1.165, 1.54) is 93.2 Å². The number of hydrogen-bond donors (Lipinski definition) is 0. The van der Waals surface area contributed by atoms with Crippen LogP contribution < -0.4 is 21.1 Å². The second-order valence-electron chi connectivity index (χ2n) is 14.3. The predicted octanol–water partition coefficient (Wildman–Crippen LogP) is 11.9. The molecule has 1 aliphatic rings. The van der Waals surface area contributed by atoms with Gasteiger partial charge in [0.2, 0.25) is 6.71 Å². The largest absolute Gasteiger partial charge is 0.457 e. The first-order valence-corrected chi connectivity index (χ1v) is 18.7. The van der Waals surface area contributed by atoms with Crippen LogP contribution in [-0.2, 0) is 0 Å². The van der Waals surface area contributed by atoms with Crippen molar-refractivity contribution in [2.45, 2.75) is 0 Å². The highest BCUT2D eigenvalue weighted by Crippen LogP contribution is 2.50. The minimum atomic E-state index is 0.0183. The van der Waals surface area contributed by atoms with Crippen LogP contribution in [0.1, 0.15) is 0 Å². The van der Waals surface area contributed by atoms with E-state index in [0.29, 0.717) is 0 Å². The van der Waals surface area contributed by atoms with E-state index in [-0.39, 0.29) is 6.71 Å². The Kier molecular flexibility index (Phi) is 7.03. The van der Waals surface area contributed by atoms with Gasteiger partial charge in [-0.3, -0.25) is 0 Å². The molecule has 1 nitrogen and oxygen atoms in total. The summed E-state index contributed by atoms with van der Waals surface area (Å²) in [4.78, 5) is 0. The Morgan fingerprint density at radius 2 is 0.852 bits per heavy atom. The average molecular weight is 685 g/mol. The molecule has 0 aromatic heterocycles. The van der Waals surface area contributed by atoms with Gasteiger partial charge in [0.1, 0.15) is 11.5 Å². The van der Waals surface area contributed by atoms with Crippen molar-refractivity contribution in [2.24, 2.45) is 0 Å². The topological polar surface area (TPSA) is 9.23 Å². The van der Waals surface area contributed by atoms with Gasteiger partial charge in [-0.05, 0) is 89.7 Å². The van der Waals surface area contributed by atoms with E-state index in [1.54, 1.807) is 0 Å². The van der Waals surface area contributed by atoms with E-state index < -0.39 is 0 Å². The Bertz CT molecular complexity index is 3010. The lowest BCUT2D eigenvalue weighted by atomic mass is 9.36. The summed E-state index contributed by atoms with van der Waals surface area (Å²) in [6.07, 6.45) is 0. The van der Waals surface area contributed by atoms with Gasteiger partial charge in [0.15, 0.2) is 0 Å². The minimum Gasteiger partial charge on any atom is -0.457 e. The summed E-state index contributed by atoms with van der Waals surface area (Å²) >= 11 is 0. The number of ether oxygens (including phenoxy) is 1. The summed E-state index contributed by atoms with van der Waals surface area (Å²) in [6.45, 7) is 0.0183. The van der Waals surface area contributed by atoms with Crippen LogP contribution in [0.25, 0.3) is 76.8 Å². The zero-order chi connectivity index (χ0) is 35.6. The van der Waals surface area contributed by atoms with Crippen LogP contribution in [0, 0.1) is 0 Å². The van der Waals surface area contributed by atoms with Crippen LogP contribution in [0.5, 0.6) is 11.5 Å². The van der Waals surface area contributed by atoms with Crippen LogP contribution in [0.2, 0.25) is 0 Å². The molecule has 0 unspecified atom stereocenters. The summed E-state index contributed by atoms with van der Waals surface area (Å²) < 4.78 is 7.13. The molecule has 10 aromatic carbocycles. The molecule has 0 radical (unpaired) electrons. The van der Waals surface area contributed by atoms with Crippen LogP contribution >= 0.6 is 0 Å². The molecule has 0 aliphatic carbocycles. The monoisotopic (exact) mass is 684 g/mol. The van der Waals surface area contributed by atoms with Gasteiger partial charge in [-0.2, -0.15) is 0 Å². The zero-order valence-corrected chi connectivity index (χ0v) is 29.5. The molecule has 0 atom stereocenters. The fourth-order valence-electron chi connectivity index (χ4n) is 9.04. The van der Waals surface area contributed by atoms with Gasteiger partial charge >= 0.3 is 0 Å². The summed E-state index contributed by atoms with van der Waals surface area (Å²) in [5.41, 5.74) is 13.4. The van der Waals surface area contributed by atoms with Crippen molar-refractivity contribution in [2.75, 3.05) is 0 Å². The molecule has 0 fully saturated rings. The SMILES string of the molecule is c1ccc(B2c3ccccc3Oc3cc4c(-c5ccccc5-c5ccccc5)cc(-c5ccccc5-c5ccccc5)c5ccc6ccc2c3c6c54)cc1. The van der Waals surface area contributed by atoms with Crippen molar-refractivity contribution in [1.82, 2.24) is 0 Å². The highest BCUT2D eigenvalue weighted by molar-refractivity contribution is 6.97. The summed E-state index contributed by atoms with van der Waals surface area (Å²) in [5.74, 6) is 1.80. The molecular formula is C52H33BO. The molecule has 2 heteroatoms. The average Bonchev–Trinajstić information content (AvgIpc) is 3.39. The van der Waals surface area contributed by atoms with Gasteiger partial charge in [0.25, 0.3) is 0 Å². The zero-order valence-electron chi connectivity index (χ0n) is 29.5. The Morgan fingerprint density at radius 1 is 0.315 bits per heavy atom. The Labute approximate surface area is 315 Å². The Balaban J connectivity index is 1.31. The predicted molar refractivity (Wildman–Crippen MR) is 230 cm³/mol. The molecule has 0 N–H and O–H groups in total. The van der Waals surface area contributed by atoms with E-state index in [0.717, 1.165) is 11.5 Å². The quantitative estimate of drug-likeness (QED) is 0.130. The molecule has 250 valence electrons. The molecule has 0 amide bonds. The molecule has 0 bridgehead atoms. The first-order chi connectivity index (χ1) is 26.8. The number of benzene rings is 10. The number of rotatable bonds is 5. The van der Waals surface area contributed by atoms with Crippen LogP contribution in [-0.4, -0.2) is 6.71 Å². The Morgan fingerprint density at radius 3 is 1.52 bits per heavy atom. The van der Waals surface area contributed by atoms with Crippen LogP contribution in [0.15, 0.2) is 200 Å². The van der Waals surface area contributed by atoms with Gasteiger partial charge in [0, 0.05) is 10.8 Å². The van der Waals surface area contributed by atoms with E-state index >= 15 is 0 Å². The molecule has 11 rings (SSSR count). The summed E-state index contributed by atoms with van der Waals surface area (Å²) in [6, 6.07) is 72.8. The second kappa shape index (κ2) is 12.4. The fraction of sp³-hybridized carbons (Fsp3) is 0. The summed E-state index contributed by atoms with van der Waals surface area (Å²) in [5, 5.41) is 7.35. The van der Waals surface area contributed by atoms with Gasteiger partial charge in [-0.15, -0.1) is 0 Å². The third-order valence-corrected chi connectivity index (χ3v) is 11.4. The van der Waals surface area contributed by atoms with Gasteiger partial charge in [-0.25, -0.2) is 0 Å². The molecule has 10 aromatic rings. The van der Waals surface area contributed by atoms with Gasteiger partial charge in [-0.1, -0.05) is 193 Å². The van der Waals surface area contributed by atoms with Crippen LogP contribution in [0.4, 0.5) is 0 Å². The maximum Gasteiger partial charge on any atom is 0.247 e. The maximum atomic E-state index is 7.13.